The van der Waals surface area contributed by atoms with Gasteiger partial charge in [0.1, 0.15) is 38.4 Å². The average Bonchev–Trinajstić information content (AvgIpc) is 4.10. The molecule has 0 aromatic heterocycles. The highest BCUT2D eigenvalue weighted by Gasteiger charge is 2.50. The van der Waals surface area contributed by atoms with Gasteiger partial charge in [0.2, 0.25) is 11.8 Å². The predicted octanol–water partition coefficient (Wildman–Crippen LogP) is 7.98. The van der Waals surface area contributed by atoms with Gasteiger partial charge in [-0.1, -0.05) is 114 Å². The van der Waals surface area contributed by atoms with Gasteiger partial charge in [-0.2, -0.15) is 0 Å². The fraction of sp³-hybridized carbons (Fsp3) is 0.552. The Hall–Kier alpha value is -5.68. The molecule has 5 rings (SSSR count). The van der Waals surface area contributed by atoms with Crippen LogP contribution in [0.2, 0.25) is 0 Å². The van der Waals surface area contributed by atoms with Crippen LogP contribution >= 0.6 is 0 Å². The first-order valence-electron chi connectivity index (χ1n) is 25.8. The number of aryl methyl sites for hydroxylation is 1. The molecule has 0 saturated carbocycles. The van der Waals surface area contributed by atoms with E-state index in [0.717, 1.165) is 36.0 Å². The molecule has 0 bridgehead atoms. The molecule has 2 heterocycles. The van der Waals surface area contributed by atoms with E-state index in [1.54, 1.807) is 13.0 Å². The van der Waals surface area contributed by atoms with Crippen LogP contribution in [0.15, 0.2) is 78.9 Å². The second kappa shape index (κ2) is 27.8. The van der Waals surface area contributed by atoms with Crippen molar-refractivity contribution in [1.29, 1.82) is 0 Å². The molecule has 5 atom stereocenters. The number of ketones is 3. The van der Waals surface area contributed by atoms with Crippen LogP contribution in [-0.4, -0.2) is 103 Å². The van der Waals surface area contributed by atoms with E-state index in [1.165, 1.54) is 0 Å². The molecule has 0 radical (unpaired) electrons. The van der Waals surface area contributed by atoms with Gasteiger partial charge in [-0.3, -0.25) is 28.8 Å². The minimum absolute atomic E-state index is 0.0115. The van der Waals surface area contributed by atoms with Crippen LogP contribution in [0.4, 0.5) is 0 Å². The molecule has 0 aliphatic carbocycles. The number of hydrogen-bond acceptors (Lipinski definition) is 10. The molecule has 2 amide bonds. The minimum atomic E-state index is -0.937. The third kappa shape index (κ3) is 18.5. The number of ether oxygens (including phenoxy) is 4. The number of benzene rings is 3. The molecule has 2 fully saturated rings. The molecule has 3 aromatic carbocycles. The Morgan fingerprint density at radius 1 is 0.775 bits per heavy atom. The van der Waals surface area contributed by atoms with E-state index >= 15 is 0 Å². The minimum Gasteiger partial charge on any atom is -0.477 e. The fourth-order valence-electron chi connectivity index (χ4n) is 9.36. The van der Waals surface area contributed by atoms with Gasteiger partial charge >= 0.3 is 5.97 Å². The number of hydrogen-bond donors (Lipinski definition) is 2. The average molecular weight is 977 g/mol. The molecule has 71 heavy (non-hydrogen) atoms. The van der Waals surface area contributed by atoms with Crippen molar-refractivity contribution in [3.05, 3.63) is 95.6 Å². The molecule has 2 aliphatic rings. The molecule has 2 saturated heterocycles. The van der Waals surface area contributed by atoms with Crippen molar-refractivity contribution < 1.29 is 52.2 Å². The summed E-state index contributed by atoms with van der Waals surface area (Å²) in [6.07, 6.45) is 10.2. The van der Waals surface area contributed by atoms with Crippen molar-refractivity contribution in [2.45, 2.75) is 136 Å². The van der Waals surface area contributed by atoms with Gasteiger partial charge in [-0.05, 0) is 86.6 Å². The summed E-state index contributed by atoms with van der Waals surface area (Å²) < 4.78 is 23.2. The number of morpholine rings is 1. The standard InChI is InChI=1S/C58H77N3O10/c1-8-10-13-22-54(64)71-52-26-24-45(35-53(52)69-29-9-2)38-61(27-30-68-31-28-61)39-48(62)36-46(25-23-43-18-14-11-15-19-43)56(66)59-49(32-41(3)4)51(63)37-47(34-44-20-16-12-17-21-44)57(67)60-50(33-42(5)6)55(65)58(7)40-70-58/h2,11-12,14-21,24,26,35,41-42,46-47,49-50H,8,10,13,22-23,25,27-34,36-40H2,1,3-7H3,(H-,59,60,66,67)/p+1/t46-,47-,49+,50+,58-/m1/s1. The van der Waals surface area contributed by atoms with E-state index in [4.69, 9.17) is 25.4 Å². The normalized spacial score (nSPS) is 17.8. The van der Waals surface area contributed by atoms with Crippen molar-refractivity contribution in [1.82, 2.24) is 10.6 Å². The van der Waals surface area contributed by atoms with E-state index in [9.17, 15) is 28.8 Å². The Kier molecular flexibility index (Phi) is 22.0. The first-order valence-corrected chi connectivity index (χ1v) is 25.8. The monoisotopic (exact) mass is 977 g/mol. The summed E-state index contributed by atoms with van der Waals surface area (Å²) >= 11 is 0. The van der Waals surface area contributed by atoms with Gasteiger partial charge in [0.25, 0.3) is 0 Å². The summed E-state index contributed by atoms with van der Waals surface area (Å²) in [6, 6.07) is 23.0. The van der Waals surface area contributed by atoms with Crippen LogP contribution in [0.1, 0.15) is 116 Å². The maximum Gasteiger partial charge on any atom is 0.311 e. The summed E-state index contributed by atoms with van der Waals surface area (Å²) in [4.78, 5) is 84.3. The Morgan fingerprint density at radius 2 is 1.39 bits per heavy atom. The van der Waals surface area contributed by atoms with Crippen molar-refractivity contribution >= 4 is 35.1 Å². The third-order valence-corrected chi connectivity index (χ3v) is 13.4. The molecular weight excluding hydrogens is 899 g/mol. The molecule has 3 aromatic rings. The van der Waals surface area contributed by atoms with Gasteiger partial charge in [0.15, 0.2) is 28.8 Å². The van der Waals surface area contributed by atoms with E-state index in [-0.39, 0.29) is 79.2 Å². The van der Waals surface area contributed by atoms with Gasteiger partial charge < -0.3 is 34.1 Å². The fourth-order valence-corrected chi connectivity index (χ4v) is 9.36. The smallest absolute Gasteiger partial charge is 0.311 e. The van der Waals surface area contributed by atoms with Gasteiger partial charge in [-0.15, -0.1) is 6.42 Å². The summed E-state index contributed by atoms with van der Waals surface area (Å²) in [6.45, 7) is 14.6. The van der Waals surface area contributed by atoms with Crippen molar-refractivity contribution in [3.8, 4) is 23.8 Å². The number of unbranched alkanes of at least 4 members (excludes halogenated alkanes) is 2. The highest BCUT2D eigenvalue weighted by atomic mass is 16.6. The lowest BCUT2D eigenvalue weighted by Crippen LogP contribution is -2.57. The van der Waals surface area contributed by atoms with E-state index in [1.807, 2.05) is 100 Å². The molecule has 0 unspecified atom stereocenters. The Balaban J connectivity index is 1.36. The predicted molar refractivity (Wildman–Crippen MR) is 273 cm³/mol. The molecule has 2 N–H and O–H groups in total. The first kappa shape index (κ1) is 56.2. The number of amides is 2. The van der Waals surface area contributed by atoms with Crippen LogP contribution in [0.5, 0.6) is 11.5 Å². The lowest BCUT2D eigenvalue weighted by atomic mass is 9.87. The van der Waals surface area contributed by atoms with Crippen molar-refractivity contribution in [2.24, 2.45) is 23.7 Å². The molecule has 0 spiro atoms. The SMILES string of the molecule is C#CCOc1cc(C[N+]2(CC(=O)C[C@@H](CCc3ccccc3)C(=O)N[C@@H](CC(C)C)C(=O)C[C@@H](Cc3ccccc3)C(=O)N[C@@H](CC(C)C)C(=O)[C@@]3(C)CO3)CCOCC2)ccc1OC(=O)CCCCC. The lowest BCUT2D eigenvalue weighted by molar-refractivity contribution is -0.940. The number of esters is 1. The summed E-state index contributed by atoms with van der Waals surface area (Å²) in [5.41, 5.74) is 1.81. The molecule has 13 nitrogen and oxygen atoms in total. The maximum absolute atomic E-state index is 14.7. The summed E-state index contributed by atoms with van der Waals surface area (Å²) in [5, 5.41) is 6.09. The maximum atomic E-state index is 14.7. The van der Waals surface area contributed by atoms with Gasteiger partial charge in [0.05, 0.1) is 31.9 Å². The van der Waals surface area contributed by atoms with Crippen molar-refractivity contribution in [2.75, 3.05) is 46.1 Å². The Labute approximate surface area is 422 Å². The quantitative estimate of drug-likeness (QED) is 0.0161. The second-order valence-electron chi connectivity index (χ2n) is 20.7. The number of Topliss-reactive ketones (excluding diaryl/α,β-unsaturated/α-hetero) is 3. The van der Waals surface area contributed by atoms with Crippen molar-refractivity contribution in [3.63, 3.8) is 0 Å². The van der Waals surface area contributed by atoms with Gasteiger partial charge in [0, 0.05) is 36.7 Å². The van der Waals surface area contributed by atoms with Crippen LogP contribution in [0.3, 0.4) is 0 Å². The Bertz CT molecular complexity index is 2260. The Morgan fingerprint density at radius 3 is 2.01 bits per heavy atom. The second-order valence-corrected chi connectivity index (χ2v) is 20.7. The van der Waals surface area contributed by atoms with Crippen LogP contribution in [0.25, 0.3) is 0 Å². The zero-order chi connectivity index (χ0) is 51.4. The topological polar surface area (TPSA) is 167 Å². The van der Waals surface area contributed by atoms with E-state index in [0.29, 0.717) is 81.8 Å². The highest BCUT2D eigenvalue weighted by Crippen LogP contribution is 2.32. The molecule has 2 aliphatic heterocycles. The number of epoxide rings is 1. The number of rotatable bonds is 31. The molecular formula is C58H78N3O10+. The van der Waals surface area contributed by atoms with E-state index < -0.39 is 35.4 Å². The van der Waals surface area contributed by atoms with Crippen LogP contribution in [-0.2, 0) is 57.6 Å². The zero-order valence-corrected chi connectivity index (χ0v) is 43.0. The third-order valence-electron chi connectivity index (χ3n) is 13.4. The molecule has 13 heteroatoms. The summed E-state index contributed by atoms with van der Waals surface area (Å²) in [5.74, 6) is -0.0446. The lowest BCUT2D eigenvalue weighted by Gasteiger charge is -2.41. The van der Waals surface area contributed by atoms with Gasteiger partial charge in [-0.25, -0.2) is 0 Å². The summed E-state index contributed by atoms with van der Waals surface area (Å²) in [7, 11) is 0. The number of terminal acetylenes is 1. The number of nitrogens with one attached hydrogen (secondary N) is 2. The van der Waals surface area contributed by atoms with Crippen LogP contribution in [0, 0.1) is 36.0 Å². The number of carbonyl (C=O) groups excluding carboxylic acids is 6. The number of nitrogens with zero attached hydrogens (tertiary/aromatic N) is 1. The largest absolute Gasteiger partial charge is 0.477 e. The first-order chi connectivity index (χ1) is 34.0. The molecule has 384 valence electrons. The number of carbonyl (C=O) groups is 6. The highest BCUT2D eigenvalue weighted by molar-refractivity contribution is 5.98. The zero-order valence-electron chi connectivity index (χ0n) is 43.0. The number of quaternary nitrogens is 1. The van der Waals surface area contributed by atoms with E-state index in [2.05, 4.69) is 23.5 Å². The van der Waals surface area contributed by atoms with Crippen LogP contribution < -0.4 is 20.1 Å².